The van der Waals surface area contributed by atoms with Gasteiger partial charge in [0.2, 0.25) is 5.12 Å². The Bertz CT molecular complexity index is 785. The molecule has 2 saturated heterocycles. The quantitative estimate of drug-likeness (QED) is 0.646. The highest BCUT2D eigenvalue weighted by molar-refractivity contribution is 7.96. The van der Waals surface area contributed by atoms with Crippen LogP contribution in [0, 0.1) is 5.92 Å². The fourth-order valence-electron chi connectivity index (χ4n) is 3.34. The van der Waals surface area contributed by atoms with Crippen LogP contribution in [0.5, 0.6) is 5.88 Å². The zero-order valence-electron chi connectivity index (χ0n) is 17.1. The van der Waals surface area contributed by atoms with Crippen molar-refractivity contribution in [1.29, 1.82) is 0 Å². The summed E-state index contributed by atoms with van der Waals surface area (Å²) >= 11 is 3.85. The van der Waals surface area contributed by atoms with Crippen molar-refractivity contribution in [1.82, 2.24) is 20.2 Å². The van der Waals surface area contributed by atoms with Gasteiger partial charge in [-0.2, -0.15) is 0 Å². The number of ether oxygens (including phenoxy) is 1. The topological polar surface area (TPSA) is 87.7 Å². The van der Waals surface area contributed by atoms with Crippen LogP contribution in [0.3, 0.4) is 0 Å². The Balaban J connectivity index is 0.000000806. The Hall–Kier alpha value is -2.01. The lowest BCUT2D eigenvalue weighted by Crippen LogP contribution is -2.56. The summed E-state index contributed by atoms with van der Waals surface area (Å²) in [4.78, 5) is 35.7. The number of alkyl halides is 2. The lowest BCUT2D eigenvalue weighted by molar-refractivity contribution is -0.114. The highest BCUT2D eigenvalue weighted by Gasteiger charge is 2.46. The second kappa shape index (κ2) is 9.42. The van der Waals surface area contributed by atoms with Crippen LogP contribution in [-0.4, -0.2) is 78.2 Å². The number of anilines is 1. The first-order valence-corrected chi connectivity index (χ1v) is 10.5. The predicted octanol–water partition coefficient (Wildman–Crippen LogP) is 1.62. The molecule has 1 aromatic rings. The number of likely N-dealkylation sites (tertiary alicyclic amines) is 1. The van der Waals surface area contributed by atoms with Crippen molar-refractivity contribution in [2.45, 2.75) is 37.6 Å². The zero-order valence-corrected chi connectivity index (χ0v) is 18.0. The van der Waals surface area contributed by atoms with Crippen LogP contribution in [0.15, 0.2) is 6.20 Å². The summed E-state index contributed by atoms with van der Waals surface area (Å²) in [5, 5.41) is 2.39. The van der Waals surface area contributed by atoms with E-state index in [1.54, 1.807) is 0 Å². The van der Waals surface area contributed by atoms with E-state index in [9.17, 15) is 18.4 Å². The van der Waals surface area contributed by atoms with Gasteiger partial charge in [-0.25, -0.2) is 18.7 Å². The molecular formula is C19H27F2N5O3S. The molecule has 1 atom stereocenters. The fourth-order valence-corrected chi connectivity index (χ4v) is 3.61. The van der Waals surface area contributed by atoms with Gasteiger partial charge in [0.25, 0.3) is 17.7 Å². The Morgan fingerprint density at radius 3 is 2.53 bits per heavy atom. The van der Waals surface area contributed by atoms with Crippen molar-refractivity contribution >= 4 is 29.5 Å². The van der Waals surface area contributed by atoms with E-state index in [2.05, 4.69) is 27.9 Å². The predicted molar refractivity (Wildman–Crippen MR) is 110 cm³/mol. The number of amides is 1. The number of aromatic nitrogens is 2. The highest BCUT2D eigenvalue weighted by atomic mass is 32.1. The van der Waals surface area contributed by atoms with Crippen molar-refractivity contribution in [3.63, 3.8) is 0 Å². The molecule has 4 rings (SSSR count). The molecule has 0 radical (unpaired) electrons. The maximum absolute atomic E-state index is 13.2. The van der Waals surface area contributed by atoms with E-state index in [0.29, 0.717) is 31.9 Å². The lowest BCUT2D eigenvalue weighted by Gasteiger charge is -2.39. The molecule has 166 valence electrons. The minimum Gasteiger partial charge on any atom is -0.475 e. The monoisotopic (exact) mass is 443 g/mol. The number of halogens is 2. The fraction of sp³-hybridized carbons (Fsp3) is 0.684. The van der Waals surface area contributed by atoms with E-state index in [4.69, 9.17) is 4.74 Å². The number of nitrogens with one attached hydrogen (secondary N) is 1. The third-order valence-corrected chi connectivity index (χ3v) is 5.33. The van der Waals surface area contributed by atoms with Gasteiger partial charge in [0.15, 0.2) is 11.5 Å². The van der Waals surface area contributed by atoms with Gasteiger partial charge in [0.1, 0.15) is 6.04 Å². The molecule has 1 amide bonds. The second-order valence-electron chi connectivity index (χ2n) is 7.85. The molecule has 3 fully saturated rings. The third kappa shape index (κ3) is 5.37. The summed E-state index contributed by atoms with van der Waals surface area (Å²) in [6.07, 6.45) is 4.65. The van der Waals surface area contributed by atoms with Gasteiger partial charge in [0.05, 0.1) is 25.9 Å². The Labute approximate surface area is 179 Å². The van der Waals surface area contributed by atoms with Gasteiger partial charge in [-0.05, 0) is 45.7 Å². The molecule has 2 aliphatic heterocycles. The number of thiol groups is 1. The Morgan fingerprint density at radius 1 is 1.30 bits per heavy atom. The van der Waals surface area contributed by atoms with Gasteiger partial charge in [-0.15, -0.1) is 12.6 Å². The first-order valence-electron chi connectivity index (χ1n) is 10.0. The summed E-state index contributed by atoms with van der Waals surface area (Å²) < 4.78 is 32.2. The third-order valence-electron chi connectivity index (χ3n) is 5.04. The summed E-state index contributed by atoms with van der Waals surface area (Å²) in [5.41, 5.74) is 0.0401. The number of rotatable bonds is 6. The SMILES string of the molecule is CNC.O=C(S)[C@H]1CCCN1C(=O)c1cnc(N2CC(F)(F)C2)c(OCC2CC2)n1. The van der Waals surface area contributed by atoms with Gasteiger partial charge < -0.3 is 19.9 Å². The van der Waals surface area contributed by atoms with E-state index >= 15 is 0 Å². The number of carbonyl (C=O) groups is 2. The molecule has 1 aromatic heterocycles. The van der Waals surface area contributed by atoms with Crippen LogP contribution < -0.4 is 15.0 Å². The molecule has 8 nitrogen and oxygen atoms in total. The van der Waals surface area contributed by atoms with E-state index in [0.717, 1.165) is 12.8 Å². The van der Waals surface area contributed by atoms with Crippen molar-refractivity contribution in [3.8, 4) is 5.88 Å². The molecule has 0 spiro atoms. The molecule has 3 aliphatic rings. The van der Waals surface area contributed by atoms with Crippen LogP contribution in [0.2, 0.25) is 0 Å². The van der Waals surface area contributed by atoms with Gasteiger partial charge >= 0.3 is 0 Å². The zero-order chi connectivity index (χ0) is 21.9. The average molecular weight is 444 g/mol. The van der Waals surface area contributed by atoms with E-state index in [-0.39, 0.29) is 22.5 Å². The maximum Gasteiger partial charge on any atom is 0.282 e. The molecule has 1 N–H and O–H groups in total. The molecule has 3 heterocycles. The van der Waals surface area contributed by atoms with Crippen LogP contribution >= 0.6 is 12.6 Å². The van der Waals surface area contributed by atoms with E-state index < -0.39 is 31.0 Å². The van der Waals surface area contributed by atoms with Crippen LogP contribution in [0.1, 0.15) is 36.2 Å². The number of hydrogen-bond donors (Lipinski definition) is 2. The number of nitrogens with zero attached hydrogens (tertiary/aromatic N) is 4. The van der Waals surface area contributed by atoms with Crippen LogP contribution in [-0.2, 0) is 4.79 Å². The van der Waals surface area contributed by atoms with Crippen molar-refractivity contribution in [2.24, 2.45) is 5.92 Å². The molecule has 0 aromatic carbocycles. The molecule has 11 heteroatoms. The standard InChI is InChI=1S/C17H20F2N4O3S.C2H7N/c18-17(19)8-22(9-17)13-14(26-7-10-3-4-10)21-11(6-20-13)15(24)23-5-1-2-12(23)16(25)27;1-3-2/h6,10,12H,1-5,7-9H2,(H,25,27);3H,1-2H3/t12-;/m1./s1. The normalized spacial score (nSPS) is 22.1. The van der Waals surface area contributed by atoms with Gasteiger partial charge in [-0.1, -0.05) is 0 Å². The van der Waals surface area contributed by atoms with E-state index in [1.807, 2.05) is 14.1 Å². The summed E-state index contributed by atoms with van der Waals surface area (Å²) in [6, 6.07) is -0.577. The Kier molecular flexibility index (Phi) is 7.12. The first kappa shape index (κ1) is 22.7. The van der Waals surface area contributed by atoms with Crippen LogP contribution in [0.25, 0.3) is 0 Å². The largest absolute Gasteiger partial charge is 0.475 e. The number of hydrogen-bond acceptors (Lipinski definition) is 7. The van der Waals surface area contributed by atoms with Crippen molar-refractivity contribution < 1.29 is 23.1 Å². The van der Waals surface area contributed by atoms with Gasteiger partial charge in [0, 0.05) is 6.54 Å². The first-order chi connectivity index (χ1) is 14.3. The molecular weight excluding hydrogens is 416 g/mol. The minimum absolute atomic E-state index is 0.0401. The van der Waals surface area contributed by atoms with Crippen molar-refractivity contribution in [3.05, 3.63) is 11.9 Å². The minimum atomic E-state index is -2.75. The summed E-state index contributed by atoms with van der Waals surface area (Å²) in [7, 11) is 3.75. The lowest BCUT2D eigenvalue weighted by atomic mass is 10.1. The molecule has 0 bridgehead atoms. The second-order valence-corrected chi connectivity index (χ2v) is 8.29. The number of carbonyl (C=O) groups excluding carboxylic acids is 2. The molecule has 30 heavy (non-hydrogen) atoms. The van der Waals surface area contributed by atoms with Gasteiger partial charge in [-0.3, -0.25) is 9.59 Å². The van der Waals surface area contributed by atoms with Crippen molar-refractivity contribution in [2.75, 3.05) is 45.2 Å². The summed E-state index contributed by atoms with van der Waals surface area (Å²) in [5.74, 6) is -2.43. The molecule has 0 unspecified atom stereocenters. The highest BCUT2D eigenvalue weighted by Crippen LogP contribution is 2.36. The Morgan fingerprint density at radius 2 is 1.97 bits per heavy atom. The van der Waals surface area contributed by atoms with E-state index in [1.165, 1.54) is 16.0 Å². The average Bonchev–Trinajstić information content (AvgIpc) is 3.37. The van der Waals surface area contributed by atoms with Crippen LogP contribution in [0.4, 0.5) is 14.6 Å². The molecule has 1 saturated carbocycles. The summed E-state index contributed by atoms with van der Waals surface area (Å²) in [6.45, 7) is -0.0326. The molecule has 1 aliphatic carbocycles. The smallest absolute Gasteiger partial charge is 0.282 e. The maximum atomic E-state index is 13.2.